The zero-order valence-corrected chi connectivity index (χ0v) is 9.76. The number of allylic oxidation sites excluding steroid dienone is 2. The first-order valence-electron chi connectivity index (χ1n) is 6.54. The largest absolute Gasteiger partial charge is 0.0882 e. The van der Waals surface area contributed by atoms with Gasteiger partial charge in [-0.15, -0.1) is 0 Å². The van der Waals surface area contributed by atoms with Gasteiger partial charge >= 0.3 is 0 Å². The van der Waals surface area contributed by atoms with Gasteiger partial charge in [-0.05, 0) is 62.2 Å². The second-order valence-corrected chi connectivity index (χ2v) is 5.15. The quantitative estimate of drug-likeness (QED) is 0.526. The highest BCUT2D eigenvalue weighted by atomic mass is 14.5. The van der Waals surface area contributed by atoms with Gasteiger partial charge < -0.3 is 0 Å². The lowest BCUT2D eigenvalue weighted by Crippen LogP contribution is -2.23. The van der Waals surface area contributed by atoms with E-state index in [0.717, 1.165) is 17.3 Å². The Morgan fingerprint density at radius 1 is 1.07 bits per heavy atom. The third-order valence-electron chi connectivity index (χ3n) is 4.67. The van der Waals surface area contributed by atoms with Crippen molar-refractivity contribution in [1.82, 2.24) is 0 Å². The smallest absolute Gasteiger partial charge is 0 e. The Morgan fingerprint density at radius 3 is 2.07 bits per heavy atom. The maximum Gasteiger partial charge on any atom is 0 e. The van der Waals surface area contributed by atoms with Crippen LogP contribution < -0.4 is 0 Å². The first kappa shape index (κ1) is 10.3. The van der Waals surface area contributed by atoms with Gasteiger partial charge in [-0.3, -0.25) is 0 Å². The predicted octanol–water partition coefficient (Wildman–Crippen LogP) is 4.81. The Balaban J connectivity index is 0.000000356. The minimum atomic E-state index is 0. The van der Waals surface area contributed by atoms with Gasteiger partial charge in [0.15, 0.2) is 0 Å². The number of fused-ring (bicyclic) bond motifs is 2. The maximum atomic E-state index is 2.41. The molecule has 0 aliphatic heterocycles. The third kappa shape index (κ3) is 1.53. The molecule has 0 heteroatoms. The Labute approximate surface area is 90.3 Å². The molecule has 0 unspecified atom stereocenters. The molecule has 3 aliphatic carbocycles. The molecule has 0 aromatic rings. The zero-order chi connectivity index (χ0) is 10.0. The Bertz CT molecular complexity index is 203. The van der Waals surface area contributed by atoms with Crippen LogP contribution in [-0.2, 0) is 0 Å². The lowest BCUT2D eigenvalue weighted by Gasteiger charge is -2.33. The van der Waals surface area contributed by atoms with Crippen LogP contribution in [0, 0.1) is 17.3 Å². The van der Waals surface area contributed by atoms with Crippen molar-refractivity contribution in [2.24, 2.45) is 17.3 Å². The minimum absolute atomic E-state index is 0. The summed E-state index contributed by atoms with van der Waals surface area (Å²) >= 11 is 0. The number of hydrogen-bond donors (Lipinski definition) is 0. The molecule has 0 radical (unpaired) electrons. The standard InChI is InChI=1S/C12H18.C2H6.H2/c1-2-4-11(3-1)12-7-5-10(9-12)6-8-12;1-2;/h1-2,10-11H,3-9H2;1-2H3;1H. The predicted molar refractivity (Wildman–Crippen MR) is 64.3 cm³/mol. The lowest BCUT2D eigenvalue weighted by molar-refractivity contribution is 0.177. The van der Waals surface area contributed by atoms with Gasteiger partial charge in [0.25, 0.3) is 0 Å². The van der Waals surface area contributed by atoms with Gasteiger partial charge in [0.2, 0.25) is 0 Å². The third-order valence-corrected chi connectivity index (χ3v) is 4.67. The molecule has 82 valence electrons. The first-order chi connectivity index (χ1) is 6.89. The molecular formula is C14H26. The van der Waals surface area contributed by atoms with E-state index in [4.69, 9.17) is 0 Å². The molecule has 0 aromatic heterocycles. The van der Waals surface area contributed by atoms with Gasteiger partial charge in [0.1, 0.15) is 0 Å². The van der Waals surface area contributed by atoms with Crippen molar-refractivity contribution in [3.63, 3.8) is 0 Å². The van der Waals surface area contributed by atoms with Crippen molar-refractivity contribution >= 4 is 0 Å². The van der Waals surface area contributed by atoms with Gasteiger partial charge in [0, 0.05) is 1.43 Å². The molecule has 0 heterocycles. The van der Waals surface area contributed by atoms with Crippen molar-refractivity contribution in [1.29, 1.82) is 0 Å². The van der Waals surface area contributed by atoms with E-state index < -0.39 is 0 Å². The van der Waals surface area contributed by atoms with E-state index >= 15 is 0 Å². The fourth-order valence-corrected chi connectivity index (χ4v) is 3.93. The van der Waals surface area contributed by atoms with E-state index in [2.05, 4.69) is 12.2 Å². The number of rotatable bonds is 1. The summed E-state index contributed by atoms with van der Waals surface area (Å²) in [6.07, 6.45) is 15.4. The second kappa shape index (κ2) is 4.08. The molecule has 2 saturated carbocycles. The minimum Gasteiger partial charge on any atom is -0.0882 e. The summed E-state index contributed by atoms with van der Waals surface area (Å²) in [7, 11) is 0. The van der Waals surface area contributed by atoms with Crippen LogP contribution in [0.15, 0.2) is 12.2 Å². The van der Waals surface area contributed by atoms with E-state index in [1.807, 2.05) is 13.8 Å². The topological polar surface area (TPSA) is 0 Å². The number of hydrogen-bond acceptors (Lipinski definition) is 0. The normalized spacial score (nSPS) is 40.0. The van der Waals surface area contributed by atoms with Crippen LogP contribution in [0.3, 0.4) is 0 Å². The van der Waals surface area contributed by atoms with Crippen molar-refractivity contribution in [3.05, 3.63) is 12.2 Å². The molecule has 2 bridgehead atoms. The fourth-order valence-electron chi connectivity index (χ4n) is 3.93. The molecule has 0 nitrogen and oxygen atoms in total. The highest BCUT2D eigenvalue weighted by Gasteiger charge is 2.48. The molecule has 2 fully saturated rings. The molecule has 0 amide bonds. The summed E-state index contributed by atoms with van der Waals surface area (Å²) in [5.41, 5.74) is 0.828. The molecule has 3 aliphatic rings. The van der Waals surface area contributed by atoms with Crippen LogP contribution in [0.25, 0.3) is 0 Å². The highest BCUT2D eigenvalue weighted by Crippen LogP contribution is 2.60. The average molecular weight is 194 g/mol. The van der Waals surface area contributed by atoms with Crippen molar-refractivity contribution < 1.29 is 1.43 Å². The Morgan fingerprint density at radius 2 is 1.64 bits per heavy atom. The molecule has 14 heavy (non-hydrogen) atoms. The van der Waals surface area contributed by atoms with Gasteiger partial charge in [-0.1, -0.05) is 26.0 Å². The second-order valence-electron chi connectivity index (χ2n) is 5.15. The van der Waals surface area contributed by atoms with Crippen LogP contribution >= 0.6 is 0 Å². The Kier molecular flexibility index (Phi) is 2.99. The lowest BCUT2D eigenvalue weighted by atomic mass is 9.72. The van der Waals surface area contributed by atoms with Crippen LogP contribution in [-0.4, -0.2) is 0 Å². The zero-order valence-electron chi connectivity index (χ0n) is 9.76. The molecule has 0 N–H and O–H groups in total. The summed E-state index contributed by atoms with van der Waals surface area (Å²) in [6, 6.07) is 0. The molecule has 0 spiro atoms. The average Bonchev–Trinajstić information content (AvgIpc) is 2.98. The van der Waals surface area contributed by atoms with Crippen molar-refractivity contribution in [2.45, 2.75) is 58.8 Å². The van der Waals surface area contributed by atoms with Gasteiger partial charge in [0.05, 0.1) is 0 Å². The molecule has 0 atom stereocenters. The first-order valence-corrected chi connectivity index (χ1v) is 6.54. The van der Waals surface area contributed by atoms with Crippen LogP contribution in [0.2, 0.25) is 0 Å². The summed E-state index contributed by atoms with van der Waals surface area (Å²) in [6.45, 7) is 4.00. The SMILES string of the molecule is C1=CCC(C23CCC(CC2)C3)C1.CC.[HH]. The van der Waals surface area contributed by atoms with E-state index in [-0.39, 0.29) is 1.43 Å². The van der Waals surface area contributed by atoms with Crippen molar-refractivity contribution in [2.75, 3.05) is 0 Å². The van der Waals surface area contributed by atoms with E-state index in [9.17, 15) is 0 Å². The Hall–Kier alpha value is -0.260. The van der Waals surface area contributed by atoms with Crippen LogP contribution in [0.5, 0.6) is 0 Å². The summed E-state index contributed by atoms with van der Waals surface area (Å²) in [5, 5.41) is 0. The van der Waals surface area contributed by atoms with Gasteiger partial charge in [-0.25, -0.2) is 0 Å². The monoisotopic (exact) mass is 194 g/mol. The van der Waals surface area contributed by atoms with E-state index in [0.29, 0.717) is 0 Å². The highest BCUT2D eigenvalue weighted by molar-refractivity contribution is 5.06. The fraction of sp³-hybridized carbons (Fsp3) is 0.857. The van der Waals surface area contributed by atoms with E-state index in [1.54, 1.807) is 32.1 Å². The van der Waals surface area contributed by atoms with Crippen molar-refractivity contribution in [3.8, 4) is 0 Å². The molecule has 3 rings (SSSR count). The molecule has 0 saturated heterocycles. The summed E-state index contributed by atoms with van der Waals surface area (Å²) < 4.78 is 0. The van der Waals surface area contributed by atoms with E-state index in [1.165, 1.54) is 12.8 Å². The molecular weight excluding hydrogens is 168 g/mol. The summed E-state index contributed by atoms with van der Waals surface area (Å²) in [4.78, 5) is 0. The van der Waals surface area contributed by atoms with Crippen LogP contribution in [0.4, 0.5) is 0 Å². The molecule has 0 aromatic carbocycles. The summed E-state index contributed by atoms with van der Waals surface area (Å²) in [5.74, 6) is 2.18. The van der Waals surface area contributed by atoms with Crippen LogP contribution in [0.1, 0.15) is 60.2 Å². The van der Waals surface area contributed by atoms with Gasteiger partial charge in [-0.2, -0.15) is 0 Å². The maximum absolute atomic E-state index is 2.41.